The summed E-state index contributed by atoms with van der Waals surface area (Å²) in [5.74, 6) is 2.63. The number of nitrogens with one attached hydrogen (secondary N) is 1. The molecule has 38 heavy (non-hydrogen) atoms. The number of tetrazole rings is 1. The summed E-state index contributed by atoms with van der Waals surface area (Å²) in [6.45, 7) is 8.29. The highest BCUT2D eigenvalue weighted by Gasteiger charge is 2.36. The van der Waals surface area contributed by atoms with Crippen LogP contribution in [0, 0.1) is 5.92 Å². The van der Waals surface area contributed by atoms with Gasteiger partial charge in [-0.3, -0.25) is 9.69 Å². The average Bonchev–Trinajstić information content (AvgIpc) is 3.60. The number of aromatic amines is 1. The number of piperidine rings is 1. The van der Waals surface area contributed by atoms with Gasteiger partial charge in [0, 0.05) is 17.0 Å². The van der Waals surface area contributed by atoms with Crippen LogP contribution < -0.4 is 15.0 Å². The molecule has 1 N–H and O–H groups in total. The van der Waals surface area contributed by atoms with Gasteiger partial charge in [0.15, 0.2) is 17.3 Å². The number of pyridine rings is 1. The molecule has 1 saturated heterocycles. The van der Waals surface area contributed by atoms with Crippen LogP contribution in [0.15, 0.2) is 53.3 Å². The highest BCUT2D eigenvalue weighted by Crippen LogP contribution is 2.37. The highest BCUT2D eigenvalue weighted by atomic mass is 16.7. The minimum atomic E-state index is -0.368. The number of benzene rings is 2. The Morgan fingerprint density at radius 3 is 2.55 bits per heavy atom. The Kier molecular flexibility index (Phi) is 6.39. The van der Waals surface area contributed by atoms with Crippen LogP contribution >= 0.6 is 0 Å². The van der Waals surface area contributed by atoms with Gasteiger partial charge in [-0.25, -0.2) is 4.68 Å². The first-order valence-electron chi connectivity index (χ1n) is 13.5. The van der Waals surface area contributed by atoms with Crippen molar-refractivity contribution in [3.05, 3.63) is 75.8 Å². The normalized spacial score (nSPS) is 17.2. The minimum Gasteiger partial charge on any atom is -0.454 e. The largest absolute Gasteiger partial charge is 0.454 e. The molecule has 0 bridgehead atoms. The summed E-state index contributed by atoms with van der Waals surface area (Å²) >= 11 is 0. The van der Waals surface area contributed by atoms with E-state index in [0.717, 1.165) is 49.7 Å². The maximum absolute atomic E-state index is 13.6. The van der Waals surface area contributed by atoms with E-state index in [4.69, 9.17) is 9.47 Å². The zero-order valence-corrected chi connectivity index (χ0v) is 22.2. The van der Waals surface area contributed by atoms with Crippen LogP contribution in [0.25, 0.3) is 10.9 Å². The smallest absolute Gasteiger partial charge is 0.253 e. The molecule has 0 saturated carbocycles. The van der Waals surface area contributed by atoms with Gasteiger partial charge in [-0.1, -0.05) is 37.3 Å². The van der Waals surface area contributed by atoms with Gasteiger partial charge >= 0.3 is 0 Å². The molecule has 9 nitrogen and oxygen atoms in total. The van der Waals surface area contributed by atoms with Crippen molar-refractivity contribution in [1.29, 1.82) is 0 Å². The van der Waals surface area contributed by atoms with E-state index in [2.05, 4.69) is 76.5 Å². The summed E-state index contributed by atoms with van der Waals surface area (Å²) in [5, 5.41) is 13.9. The molecule has 0 aliphatic carbocycles. The number of fused-ring (bicyclic) bond motifs is 2. The van der Waals surface area contributed by atoms with Crippen molar-refractivity contribution in [3.8, 4) is 11.5 Å². The highest BCUT2D eigenvalue weighted by molar-refractivity contribution is 5.83. The molecule has 9 heteroatoms. The van der Waals surface area contributed by atoms with Crippen molar-refractivity contribution >= 4 is 10.9 Å². The first kappa shape index (κ1) is 24.6. The van der Waals surface area contributed by atoms with E-state index in [0.29, 0.717) is 28.8 Å². The first-order chi connectivity index (χ1) is 18.4. The van der Waals surface area contributed by atoms with Gasteiger partial charge in [-0.15, -0.1) is 5.10 Å². The summed E-state index contributed by atoms with van der Waals surface area (Å²) in [6.07, 6.45) is 4.03. The van der Waals surface area contributed by atoms with Gasteiger partial charge in [0.05, 0.1) is 11.1 Å². The van der Waals surface area contributed by atoms with Gasteiger partial charge < -0.3 is 14.5 Å². The molecular formula is C29H34N6O3. The number of H-pyrrole nitrogens is 1. The van der Waals surface area contributed by atoms with E-state index in [9.17, 15) is 4.79 Å². The lowest BCUT2D eigenvalue weighted by atomic mass is 9.88. The number of ether oxygens (including phenoxy) is 2. The molecule has 2 aromatic heterocycles. The van der Waals surface area contributed by atoms with Crippen molar-refractivity contribution < 1.29 is 9.47 Å². The van der Waals surface area contributed by atoms with Gasteiger partial charge in [0.25, 0.3) is 5.56 Å². The summed E-state index contributed by atoms with van der Waals surface area (Å²) in [7, 11) is 0. The van der Waals surface area contributed by atoms with Crippen LogP contribution in [0.2, 0.25) is 0 Å². The predicted molar refractivity (Wildman–Crippen MR) is 144 cm³/mol. The van der Waals surface area contributed by atoms with Gasteiger partial charge in [0.1, 0.15) is 6.04 Å². The molecular weight excluding hydrogens is 480 g/mol. The lowest BCUT2D eigenvalue weighted by Crippen LogP contribution is -2.42. The first-order valence-corrected chi connectivity index (χ1v) is 13.5. The quantitative estimate of drug-likeness (QED) is 0.390. The second-order valence-corrected chi connectivity index (χ2v) is 11.0. The van der Waals surface area contributed by atoms with E-state index in [1.165, 1.54) is 5.56 Å². The number of likely N-dealkylation sites (tertiary alicyclic amines) is 1. The number of nitrogens with zero attached hydrogens (tertiary/aromatic N) is 5. The molecule has 4 heterocycles. The van der Waals surface area contributed by atoms with E-state index in [1.54, 1.807) is 0 Å². The Bertz CT molecular complexity index is 1490. The second-order valence-electron chi connectivity index (χ2n) is 11.0. The minimum absolute atomic E-state index is 0.142. The molecule has 1 fully saturated rings. The fourth-order valence-electron chi connectivity index (χ4n) is 5.62. The number of hydrogen-bond acceptors (Lipinski definition) is 7. The molecule has 2 aromatic carbocycles. The topological polar surface area (TPSA) is 98.2 Å². The van der Waals surface area contributed by atoms with Crippen LogP contribution in [0.4, 0.5) is 0 Å². The maximum Gasteiger partial charge on any atom is 0.253 e. The summed E-state index contributed by atoms with van der Waals surface area (Å²) in [4.78, 5) is 19.1. The third-order valence-electron chi connectivity index (χ3n) is 8.22. The van der Waals surface area contributed by atoms with E-state index < -0.39 is 0 Å². The monoisotopic (exact) mass is 514 g/mol. The molecule has 198 valence electrons. The zero-order valence-electron chi connectivity index (χ0n) is 22.2. The van der Waals surface area contributed by atoms with Gasteiger partial charge in [-0.05, 0) is 86.7 Å². The molecule has 0 amide bonds. The lowest BCUT2D eigenvalue weighted by molar-refractivity contribution is 0.137. The third-order valence-corrected chi connectivity index (χ3v) is 8.22. The molecule has 1 atom stereocenters. The molecule has 2 aliphatic rings. The predicted octanol–water partition coefficient (Wildman–Crippen LogP) is 4.43. The van der Waals surface area contributed by atoms with Crippen molar-refractivity contribution in [2.45, 2.75) is 58.0 Å². The molecule has 1 unspecified atom stereocenters. The van der Waals surface area contributed by atoms with Crippen molar-refractivity contribution in [2.24, 2.45) is 5.92 Å². The van der Waals surface area contributed by atoms with E-state index in [-0.39, 0.29) is 23.9 Å². The van der Waals surface area contributed by atoms with Crippen LogP contribution in [0.3, 0.4) is 0 Å². The molecule has 4 aromatic rings. The van der Waals surface area contributed by atoms with Crippen molar-refractivity contribution in [1.82, 2.24) is 30.1 Å². The second kappa shape index (κ2) is 9.87. The van der Waals surface area contributed by atoms with Gasteiger partial charge in [-0.2, -0.15) is 0 Å². The SMILES string of the molecule is CCC(C)(C)n1nnnc1C(c1cc2cc3c(cc2[nH]c1=O)OCO3)N1CCC(Cc2ccccc2)CC1. The van der Waals surface area contributed by atoms with Crippen LogP contribution in [-0.2, 0) is 12.0 Å². The number of rotatable bonds is 7. The Morgan fingerprint density at radius 2 is 1.82 bits per heavy atom. The summed E-state index contributed by atoms with van der Waals surface area (Å²) in [6, 6.07) is 16.0. The molecule has 0 radical (unpaired) electrons. The van der Waals surface area contributed by atoms with Crippen molar-refractivity contribution in [2.75, 3.05) is 19.9 Å². The Balaban J connectivity index is 1.38. The number of aromatic nitrogens is 5. The standard InChI is InChI=1S/C29H34N6O3/c1-4-29(2,3)35-27(31-32-33-35)26(34-12-10-20(11-13-34)14-19-8-6-5-7-9-19)22-15-21-16-24-25(38-18-37-24)17-23(21)30-28(22)36/h5-9,15-17,20,26H,4,10-14,18H2,1-3H3,(H,30,36). The third kappa shape index (κ3) is 4.55. The van der Waals surface area contributed by atoms with Crippen LogP contribution in [0.5, 0.6) is 11.5 Å². The lowest BCUT2D eigenvalue weighted by Gasteiger charge is -2.38. The maximum atomic E-state index is 13.6. The van der Waals surface area contributed by atoms with E-state index >= 15 is 0 Å². The van der Waals surface area contributed by atoms with Gasteiger partial charge in [0.2, 0.25) is 6.79 Å². The Morgan fingerprint density at radius 1 is 1.08 bits per heavy atom. The zero-order chi connectivity index (χ0) is 26.3. The van der Waals surface area contributed by atoms with Crippen LogP contribution in [-0.4, -0.2) is 50.0 Å². The molecule has 0 spiro atoms. The Labute approximate surface area is 221 Å². The van der Waals surface area contributed by atoms with Crippen LogP contribution in [0.1, 0.15) is 63.0 Å². The molecule has 2 aliphatic heterocycles. The van der Waals surface area contributed by atoms with Crippen molar-refractivity contribution in [3.63, 3.8) is 0 Å². The fourth-order valence-corrected chi connectivity index (χ4v) is 5.62. The average molecular weight is 515 g/mol. The van der Waals surface area contributed by atoms with E-state index in [1.807, 2.05) is 22.9 Å². The fraction of sp³-hybridized carbons (Fsp3) is 0.448. The Hall–Kier alpha value is -3.72. The molecule has 6 rings (SSSR count). The summed E-state index contributed by atoms with van der Waals surface area (Å²) < 4.78 is 13.0. The number of hydrogen-bond donors (Lipinski definition) is 1. The summed E-state index contributed by atoms with van der Waals surface area (Å²) in [5.41, 5.74) is 2.30.